The maximum absolute atomic E-state index is 12.4. The Balaban J connectivity index is 0.00000392. The summed E-state index contributed by atoms with van der Waals surface area (Å²) in [4.78, 5) is 33.9. The minimum atomic E-state index is -0.767. The van der Waals surface area contributed by atoms with Crippen LogP contribution in [-0.4, -0.2) is 66.5 Å². The van der Waals surface area contributed by atoms with E-state index in [-0.39, 0.29) is 35.9 Å². The number of urea groups is 1. The van der Waals surface area contributed by atoms with Gasteiger partial charge >= 0.3 is 6.03 Å². The summed E-state index contributed by atoms with van der Waals surface area (Å²) in [7, 11) is 2.03. The van der Waals surface area contributed by atoms with Crippen LogP contribution in [0.5, 0.6) is 0 Å². The van der Waals surface area contributed by atoms with Crippen LogP contribution in [0, 0.1) is 0 Å². The van der Waals surface area contributed by atoms with Gasteiger partial charge in [0.1, 0.15) is 5.54 Å². The molecular weight excluding hydrogens is 489 g/mol. The second kappa shape index (κ2) is 11.6. The lowest BCUT2D eigenvalue weighted by molar-refractivity contribution is -0.130. The van der Waals surface area contributed by atoms with Crippen LogP contribution in [0.25, 0.3) is 0 Å². The van der Waals surface area contributed by atoms with Crippen LogP contribution in [0.2, 0.25) is 0 Å². The fraction of sp³-hybridized carbons (Fsp3) is 0.632. The van der Waals surface area contributed by atoms with Crippen LogP contribution in [-0.2, 0) is 11.2 Å². The minimum Gasteiger partial charge on any atom is -0.357 e. The summed E-state index contributed by atoms with van der Waals surface area (Å²) in [6.07, 6.45) is 2.22. The Morgan fingerprint density at radius 3 is 2.71 bits per heavy atom. The monoisotopic (exact) mass is 521 g/mol. The summed E-state index contributed by atoms with van der Waals surface area (Å²) in [5, 5.41) is 8.17. The number of hydrogen-bond acceptors (Lipinski definition) is 4. The number of hydrogen-bond donors (Lipinski definition) is 2. The average Bonchev–Trinajstić information content (AvgIpc) is 3.24. The van der Waals surface area contributed by atoms with Gasteiger partial charge in [-0.25, -0.2) is 4.79 Å². The molecule has 0 spiro atoms. The number of rotatable bonds is 9. The number of thiophene rings is 1. The third-order valence-corrected chi connectivity index (χ3v) is 5.76. The first-order valence-electron chi connectivity index (χ1n) is 9.57. The van der Waals surface area contributed by atoms with Crippen LogP contribution in [0.4, 0.5) is 4.79 Å². The van der Waals surface area contributed by atoms with E-state index in [0.29, 0.717) is 25.9 Å². The summed E-state index contributed by atoms with van der Waals surface area (Å²) in [5.41, 5.74) is -0.767. The van der Waals surface area contributed by atoms with Crippen LogP contribution in [0.1, 0.15) is 38.5 Å². The van der Waals surface area contributed by atoms with Gasteiger partial charge in [-0.15, -0.1) is 35.3 Å². The Morgan fingerprint density at radius 1 is 1.39 bits per heavy atom. The highest BCUT2D eigenvalue weighted by atomic mass is 127. The van der Waals surface area contributed by atoms with Crippen molar-refractivity contribution in [2.75, 3.05) is 33.2 Å². The number of nitrogens with zero attached hydrogens (tertiary/aromatic N) is 3. The van der Waals surface area contributed by atoms with Crippen LogP contribution in [0.15, 0.2) is 22.5 Å². The lowest BCUT2D eigenvalue weighted by Gasteiger charge is -2.22. The first-order valence-corrected chi connectivity index (χ1v) is 10.4. The lowest BCUT2D eigenvalue weighted by Crippen LogP contribution is -2.43. The number of carbonyl (C=O) groups is 2. The third kappa shape index (κ3) is 6.33. The Morgan fingerprint density at radius 2 is 2.14 bits per heavy atom. The maximum Gasteiger partial charge on any atom is 0.325 e. The summed E-state index contributed by atoms with van der Waals surface area (Å²) in [6.45, 7) is 8.35. The molecule has 1 saturated heterocycles. The molecule has 9 heteroatoms. The number of nitrogens with one attached hydrogen (secondary N) is 2. The number of aliphatic imine (C=N–C) groups is 1. The standard InChI is InChI=1S/C19H31N5O2S.HI/c1-5-19(3)16(25)24(18(26)22-19)12-8-11-21-17(20-6-2)23(4)13-10-15-9-7-14-27-15;/h7,9,14H,5-6,8,10-13H2,1-4H3,(H,20,21)(H,22,26);1H. The van der Waals surface area contributed by atoms with Crippen molar-refractivity contribution in [1.29, 1.82) is 0 Å². The van der Waals surface area contributed by atoms with E-state index < -0.39 is 5.54 Å². The van der Waals surface area contributed by atoms with Crippen molar-refractivity contribution in [3.8, 4) is 0 Å². The first-order chi connectivity index (χ1) is 12.9. The maximum atomic E-state index is 12.4. The van der Waals surface area contributed by atoms with Gasteiger partial charge in [-0.2, -0.15) is 0 Å². The van der Waals surface area contributed by atoms with Crippen molar-refractivity contribution in [3.63, 3.8) is 0 Å². The normalized spacial score (nSPS) is 19.4. The molecule has 0 bridgehead atoms. The Kier molecular flexibility index (Phi) is 10.2. The molecule has 1 aliphatic rings. The predicted octanol–water partition coefficient (Wildman–Crippen LogP) is 2.92. The van der Waals surface area contributed by atoms with E-state index >= 15 is 0 Å². The minimum absolute atomic E-state index is 0. The highest BCUT2D eigenvalue weighted by Gasteiger charge is 2.45. The molecule has 0 radical (unpaired) electrons. The molecule has 1 fully saturated rings. The van der Waals surface area contributed by atoms with Crippen molar-refractivity contribution < 1.29 is 9.59 Å². The van der Waals surface area contributed by atoms with Crippen LogP contribution < -0.4 is 10.6 Å². The zero-order valence-corrected chi connectivity index (χ0v) is 20.3. The molecular formula is C19H32IN5O2S. The number of halogens is 1. The van der Waals surface area contributed by atoms with Crippen LogP contribution in [0.3, 0.4) is 0 Å². The van der Waals surface area contributed by atoms with E-state index in [1.165, 1.54) is 9.78 Å². The first kappa shape index (κ1) is 24.7. The van der Waals surface area contributed by atoms with Crippen molar-refractivity contribution in [1.82, 2.24) is 20.4 Å². The van der Waals surface area contributed by atoms with Crippen molar-refractivity contribution >= 4 is 53.2 Å². The second-order valence-electron chi connectivity index (χ2n) is 6.91. The van der Waals surface area contributed by atoms with Gasteiger partial charge in [0.05, 0.1) is 0 Å². The third-order valence-electron chi connectivity index (χ3n) is 4.82. The van der Waals surface area contributed by atoms with E-state index in [2.05, 4.69) is 38.0 Å². The molecule has 1 atom stereocenters. The summed E-state index contributed by atoms with van der Waals surface area (Å²) >= 11 is 1.77. The van der Waals surface area contributed by atoms with Gasteiger partial charge < -0.3 is 15.5 Å². The van der Waals surface area contributed by atoms with E-state index in [0.717, 1.165) is 25.5 Å². The lowest BCUT2D eigenvalue weighted by atomic mass is 9.99. The Hall–Kier alpha value is -1.36. The van der Waals surface area contributed by atoms with Gasteiger partial charge in [-0.3, -0.25) is 14.7 Å². The number of imide groups is 1. The summed E-state index contributed by atoms with van der Waals surface area (Å²) in [5.74, 6) is 0.712. The van der Waals surface area contributed by atoms with E-state index in [9.17, 15) is 9.59 Å². The van der Waals surface area contributed by atoms with Crippen molar-refractivity contribution in [3.05, 3.63) is 22.4 Å². The molecule has 2 rings (SSSR count). The zero-order chi connectivity index (χ0) is 19.9. The molecule has 0 aliphatic carbocycles. The van der Waals surface area contributed by atoms with E-state index in [1.54, 1.807) is 18.3 Å². The fourth-order valence-electron chi connectivity index (χ4n) is 2.91. The number of guanidine groups is 1. The summed E-state index contributed by atoms with van der Waals surface area (Å²) < 4.78 is 0. The molecule has 2 N–H and O–H groups in total. The molecule has 1 aromatic rings. The quantitative estimate of drug-likeness (QED) is 0.172. The fourth-order valence-corrected chi connectivity index (χ4v) is 3.61. The Labute approximate surface area is 189 Å². The molecule has 158 valence electrons. The predicted molar refractivity (Wildman–Crippen MR) is 126 cm³/mol. The average molecular weight is 521 g/mol. The molecule has 1 aliphatic heterocycles. The van der Waals surface area contributed by atoms with Gasteiger partial charge in [-0.05, 0) is 44.6 Å². The van der Waals surface area contributed by atoms with Gasteiger partial charge in [0.15, 0.2) is 5.96 Å². The highest BCUT2D eigenvalue weighted by Crippen LogP contribution is 2.20. The molecule has 0 saturated carbocycles. The molecule has 1 aromatic heterocycles. The molecule has 1 unspecified atom stereocenters. The Bertz CT molecular complexity index is 667. The van der Waals surface area contributed by atoms with Gasteiger partial charge in [0, 0.05) is 38.1 Å². The largest absolute Gasteiger partial charge is 0.357 e. The molecule has 0 aromatic carbocycles. The SMILES string of the molecule is CCNC(=NCCCN1C(=O)NC(C)(CC)C1=O)N(C)CCc1cccs1.I. The smallest absolute Gasteiger partial charge is 0.325 e. The van der Waals surface area contributed by atoms with Crippen molar-refractivity contribution in [2.45, 2.75) is 45.6 Å². The summed E-state index contributed by atoms with van der Waals surface area (Å²) in [6, 6.07) is 3.91. The number of likely N-dealkylation sites (N-methyl/N-ethyl adjacent to an activating group) is 1. The topological polar surface area (TPSA) is 77.0 Å². The second-order valence-corrected chi connectivity index (χ2v) is 7.94. The van der Waals surface area contributed by atoms with E-state index in [4.69, 9.17) is 0 Å². The van der Waals surface area contributed by atoms with Gasteiger partial charge in [0.2, 0.25) is 0 Å². The van der Waals surface area contributed by atoms with Gasteiger partial charge in [0.25, 0.3) is 5.91 Å². The highest BCUT2D eigenvalue weighted by molar-refractivity contribution is 14.0. The van der Waals surface area contributed by atoms with E-state index in [1.807, 2.05) is 20.9 Å². The zero-order valence-electron chi connectivity index (χ0n) is 17.2. The van der Waals surface area contributed by atoms with Crippen LogP contribution >= 0.6 is 35.3 Å². The molecule has 3 amide bonds. The molecule has 28 heavy (non-hydrogen) atoms. The molecule has 2 heterocycles. The number of carbonyl (C=O) groups excluding carboxylic acids is 2. The molecule has 7 nitrogen and oxygen atoms in total. The van der Waals surface area contributed by atoms with Crippen molar-refractivity contribution in [2.24, 2.45) is 4.99 Å². The number of amides is 3. The van der Waals surface area contributed by atoms with Gasteiger partial charge in [-0.1, -0.05) is 13.0 Å².